The Balaban J connectivity index is 2.21. The summed E-state index contributed by atoms with van der Waals surface area (Å²) in [5, 5.41) is 2.96. The fourth-order valence-corrected chi connectivity index (χ4v) is 1.83. The minimum absolute atomic E-state index is 0.0837. The molecule has 2 aromatic rings. The summed E-state index contributed by atoms with van der Waals surface area (Å²) < 4.78 is 1.99. The first kappa shape index (κ1) is 15.3. The lowest BCUT2D eigenvalue weighted by Gasteiger charge is -2.36. The van der Waals surface area contributed by atoms with Gasteiger partial charge in [0.2, 0.25) is 5.91 Å². The lowest BCUT2D eigenvalue weighted by Crippen LogP contribution is -2.53. The number of carbonyl (C=O) groups excluding carboxylic acids is 1. The lowest BCUT2D eigenvalue weighted by molar-refractivity contribution is -0.126. The van der Waals surface area contributed by atoms with Gasteiger partial charge in [0, 0.05) is 29.3 Å². The van der Waals surface area contributed by atoms with Crippen molar-refractivity contribution in [2.75, 3.05) is 5.32 Å². The molecular formula is C17H23N3O. The number of rotatable bonds is 4. The molecule has 1 amide bonds. The fraction of sp³-hybridized carbons (Fsp3) is 0.353. The van der Waals surface area contributed by atoms with Crippen molar-refractivity contribution in [3.8, 4) is 5.69 Å². The molecule has 0 saturated carbocycles. The number of hydrogen-bond acceptors (Lipinski definition) is 2. The van der Waals surface area contributed by atoms with Crippen molar-refractivity contribution in [1.29, 1.82) is 0 Å². The van der Waals surface area contributed by atoms with E-state index in [-0.39, 0.29) is 5.91 Å². The van der Waals surface area contributed by atoms with Crippen LogP contribution in [0, 0.1) is 5.41 Å². The summed E-state index contributed by atoms with van der Waals surface area (Å²) in [6, 6.07) is 11.7. The lowest BCUT2D eigenvalue weighted by atomic mass is 9.74. The maximum absolute atomic E-state index is 12.5. The third-order valence-electron chi connectivity index (χ3n) is 4.19. The molecule has 0 aliphatic carbocycles. The fourth-order valence-electron chi connectivity index (χ4n) is 1.83. The average molecular weight is 285 g/mol. The molecule has 21 heavy (non-hydrogen) atoms. The van der Waals surface area contributed by atoms with E-state index in [1.165, 1.54) is 0 Å². The Morgan fingerprint density at radius 1 is 1.10 bits per heavy atom. The highest BCUT2D eigenvalue weighted by Crippen LogP contribution is 2.30. The molecule has 4 heteroatoms. The third-order valence-corrected chi connectivity index (χ3v) is 4.19. The van der Waals surface area contributed by atoms with E-state index in [0.717, 1.165) is 11.4 Å². The van der Waals surface area contributed by atoms with Gasteiger partial charge in [-0.25, -0.2) is 0 Å². The van der Waals surface area contributed by atoms with Crippen LogP contribution in [0.2, 0.25) is 0 Å². The van der Waals surface area contributed by atoms with Gasteiger partial charge in [0.1, 0.15) is 0 Å². The normalized spacial score (nSPS) is 12.2. The van der Waals surface area contributed by atoms with Gasteiger partial charge in [-0.2, -0.15) is 0 Å². The first-order chi connectivity index (χ1) is 9.72. The van der Waals surface area contributed by atoms with E-state index in [1.54, 1.807) is 0 Å². The number of nitrogens with zero attached hydrogens (tertiary/aromatic N) is 1. The number of aromatic nitrogens is 1. The van der Waals surface area contributed by atoms with Gasteiger partial charge in [0.05, 0.1) is 5.41 Å². The van der Waals surface area contributed by atoms with E-state index in [0.29, 0.717) is 0 Å². The molecule has 4 nitrogen and oxygen atoms in total. The molecular weight excluding hydrogens is 262 g/mol. The third kappa shape index (κ3) is 3.16. The monoisotopic (exact) mass is 285 g/mol. The second-order valence-electron chi connectivity index (χ2n) is 6.44. The number of anilines is 1. The first-order valence-electron chi connectivity index (χ1n) is 7.05. The van der Waals surface area contributed by atoms with Crippen molar-refractivity contribution in [3.05, 3.63) is 48.8 Å². The maximum Gasteiger partial charge on any atom is 0.231 e. The highest BCUT2D eigenvalue weighted by molar-refractivity contribution is 5.96. The SMILES string of the molecule is CC(C)(N)C(C)(C)C(=O)Nc1cccc(-n2cccc2)c1. The van der Waals surface area contributed by atoms with Gasteiger partial charge in [0.15, 0.2) is 0 Å². The highest BCUT2D eigenvalue weighted by atomic mass is 16.2. The molecule has 0 aliphatic rings. The Labute approximate surface area is 126 Å². The van der Waals surface area contributed by atoms with Gasteiger partial charge in [-0.05, 0) is 58.0 Å². The smallest absolute Gasteiger partial charge is 0.231 e. The Hall–Kier alpha value is -2.07. The highest BCUT2D eigenvalue weighted by Gasteiger charge is 2.40. The Bertz CT molecular complexity index is 622. The van der Waals surface area contributed by atoms with Crippen molar-refractivity contribution >= 4 is 11.6 Å². The summed E-state index contributed by atoms with van der Waals surface area (Å²) in [7, 11) is 0. The van der Waals surface area contributed by atoms with Crippen LogP contribution in [0.1, 0.15) is 27.7 Å². The van der Waals surface area contributed by atoms with E-state index in [1.807, 2.05) is 81.1 Å². The summed E-state index contributed by atoms with van der Waals surface area (Å²) in [4.78, 5) is 12.5. The molecule has 0 radical (unpaired) electrons. The second kappa shape index (κ2) is 5.37. The Morgan fingerprint density at radius 3 is 2.29 bits per heavy atom. The molecule has 1 aromatic heterocycles. The van der Waals surface area contributed by atoms with Crippen molar-refractivity contribution in [2.24, 2.45) is 11.1 Å². The van der Waals surface area contributed by atoms with Gasteiger partial charge < -0.3 is 15.6 Å². The molecule has 3 N–H and O–H groups in total. The number of nitrogens with one attached hydrogen (secondary N) is 1. The summed E-state index contributed by atoms with van der Waals surface area (Å²) in [5.41, 5.74) is 6.61. The molecule has 0 aliphatic heterocycles. The number of benzene rings is 1. The van der Waals surface area contributed by atoms with Crippen LogP contribution < -0.4 is 11.1 Å². The van der Waals surface area contributed by atoms with Crippen LogP contribution in [0.25, 0.3) is 5.69 Å². The summed E-state index contributed by atoms with van der Waals surface area (Å²) in [6.45, 7) is 7.45. The van der Waals surface area contributed by atoms with Crippen LogP contribution in [-0.2, 0) is 4.79 Å². The topological polar surface area (TPSA) is 60.1 Å². The predicted molar refractivity (Wildman–Crippen MR) is 86.4 cm³/mol. The molecule has 112 valence electrons. The molecule has 2 rings (SSSR count). The van der Waals surface area contributed by atoms with Gasteiger partial charge in [-0.3, -0.25) is 4.79 Å². The predicted octanol–water partition coefficient (Wildman–Crippen LogP) is 3.18. The summed E-state index contributed by atoms with van der Waals surface area (Å²) >= 11 is 0. The quantitative estimate of drug-likeness (QED) is 0.906. The van der Waals surface area contributed by atoms with Crippen LogP contribution in [0.15, 0.2) is 48.8 Å². The van der Waals surface area contributed by atoms with E-state index in [4.69, 9.17) is 5.73 Å². The minimum Gasteiger partial charge on any atom is -0.325 e. The van der Waals surface area contributed by atoms with E-state index in [9.17, 15) is 4.79 Å². The van der Waals surface area contributed by atoms with Crippen LogP contribution in [-0.4, -0.2) is 16.0 Å². The molecule has 0 spiro atoms. The van der Waals surface area contributed by atoms with Crippen molar-refractivity contribution in [3.63, 3.8) is 0 Å². The van der Waals surface area contributed by atoms with Crippen LogP contribution in [0.5, 0.6) is 0 Å². The standard InChI is InChI=1S/C17H23N3O/c1-16(2,17(3,4)18)15(21)19-13-8-7-9-14(12-13)20-10-5-6-11-20/h5-12H,18H2,1-4H3,(H,19,21). The van der Waals surface area contributed by atoms with Crippen molar-refractivity contribution in [2.45, 2.75) is 33.2 Å². The molecule has 0 fully saturated rings. The summed E-state index contributed by atoms with van der Waals surface area (Å²) in [6.07, 6.45) is 3.93. The molecule has 0 saturated heterocycles. The Kier molecular flexibility index (Phi) is 3.92. The zero-order chi connectivity index (χ0) is 15.7. The molecule has 0 atom stereocenters. The largest absolute Gasteiger partial charge is 0.325 e. The van der Waals surface area contributed by atoms with E-state index < -0.39 is 11.0 Å². The van der Waals surface area contributed by atoms with E-state index in [2.05, 4.69) is 5.32 Å². The van der Waals surface area contributed by atoms with Crippen LogP contribution in [0.3, 0.4) is 0 Å². The number of hydrogen-bond donors (Lipinski definition) is 2. The second-order valence-corrected chi connectivity index (χ2v) is 6.44. The molecule has 0 bridgehead atoms. The van der Waals surface area contributed by atoms with Gasteiger partial charge >= 0.3 is 0 Å². The molecule has 1 heterocycles. The maximum atomic E-state index is 12.5. The molecule has 1 aromatic carbocycles. The van der Waals surface area contributed by atoms with E-state index >= 15 is 0 Å². The van der Waals surface area contributed by atoms with Gasteiger partial charge in [-0.15, -0.1) is 0 Å². The van der Waals surface area contributed by atoms with Crippen LogP contribution >= 0.6 is 0 Å². The minimum atomic E-state index is -0.670. The average Bonchev–Trinajstić information content (AvgIpc) is 2.91. The van der Waals surface area contributed by atoms with Gasteiger partial charge in [-0.1, -0.05) is 6.07 Å². The summed E-state index contributed by atoms with van der Waals surface area (Å²) in [5.74, 6) is -0.0837. The number of amides is 1. The van der Waals surface area contributed by atoms with Crippen LogP contribution in [0.4, 0.5) is 5.69 Å². The number of nitrogens with two attached hydrogens (primary N) is 1. The zero-order valence-electron chi connectivity index (χ0n) is 13.1. The van der Waals surface area contributed by atoms with Gasteiger partial charge in [0.25, 0.3) is 0 Å². The van der Waals surface area contributed by atoms with Crippen molar-refractivity contribution in [1.82, 2.24) is 4.57 Å². The first-order valence-corrected chi connectivity index (χ1v) is 7.05. The van der Waals surface area contributed by atoms with Crippen molar-refractivity contribution < 1.29 is 4.79 Å². The molecule has 0 unspecified atom stereocenters. The number of carbonyl (C=O) groups is 1. The Morgan fingerprint density at radius 2 is 1.71 bits per heavy atom. The zero-order valence-corrected chi connectivity index (χ0v) is 13.1.